The summed E-state index contributed by atoms with van der Waals surface area (Å²) in [6, 6.07) is 14.4. The molecule has 1 aliphatic heterocycles. The van der Waals surface area contributed by atoms with E-state index in [1.54, 1.807) is 30.5 Å². The van der Waals surface area contributed by atoms with Gasteiger partial charge in [0.05, 0.1) is 17.7 Å². The number of nitrogens with zero attached hydrogens (tertiary/aromatic N) is 3. The van der Waals surface area contributed by atoms with Gasteiger partial charge in [0, 0.05) is 30.7 Å². The number of nitrogens with one attached hydrogen (secondary N) is 1. The molecule has 0 aliphatic carbocycles. The molecule has 2 aromatic carbocycles. The Balaban J connectivity index is 1.47. The molecule has 29 heavy (non-hydrogen) atoms. The van der Waals surface area contributed by atoms with Crippen molar-refractivity contribution in [3.05, 3.63) is 64.1 Å². The van der Waals surface area contributed by atoms with Gasteiger partial charge in [-0.3, -0.25) is 9.69 Å². The quantitative estimate of drug-likeness (QED) is 0.509. The van der Waals surface area contributed by atoms with Gasteiger partial charge < -0.3 is 0 Å². The van der Waals surface area contributed by atoms with Gasteiger partial charge in [-0.2, -0.15) is 9.41 Å². The Bertz CT molecular complexity index is 968. The fraction of sp³-hybridized carbons (Fsp3) is 0.300. The van der Waals surface area contributed by atoms with Crippen molar-refractivity contribution in [3.63, 3.8) is 0 Å². The molecule has 0 atom stereocenters. The van der Waals surface area contributed by atoms with E-state index in [1.807, 2.05) is 36.1 Å². The predicted molar refractivity (Wildman–Crippen MR) is 116 cm³/mol. The van der Waals surface area contributed by atoms with E-state index in [4.69, 9.17) is 0 Å². The average Bonchev–Trinajstić information content (AvgIpc) is 2.70. The molecule has 154 valence electrons. The highest BCUT2D eigenvalue weighted by atomic mass is 79.9. The van der Waals surface area contributed by atoms with Crippen LogP contribution in [0.4, 0.5) is 0 Å². The summed E-state index contributed by atoms with van der Waals surface area (Å²) in [6.07, 6.45) is 1.60. The maximum absolute atomic E-state index is 12.7. The molecule has 0 aromatic heterocycles. The Labute approximate surface area is 179 Å². The van der Waals surface area contributed by atoms with E-state index in [9.17, 15) is 13.2 Å². The molecular formula is C20H23BrN4O3S. The molecule has 3 rings (SSSR count). The van der Waals surface area contributed by atoms with Crippen LogP contribution in [0.15, 0.2) is 63.0 Å². The van der Waals surface area contributed by atoms with E-state index in [0.29, 0.717) is 26.2 Å². The van der Waals surface area contributed by atoms with Crippen LogP contribution in [0.5, 0.6) is 0 Å². The summed E-state index contributed by atoms with van der Waals surface area (Å²) in [4.78, 5) is 14.3. The zero-order valence-electron chi connectivity index (χ0n) is 16.1. The second kappa shape index (κ2) is 9.62. The van der Waals surface area contributed by atoms with Crippen LogP contribution in [0.3, 0.4) is 0 Å². The van der Waals surface area contributed by atoms with Gasteiger partial charge in [0.15, 0.2) is 0 Å². The SMILES string of the molecule is Cc1ccc(/C=N/NC(=O)CN2CCN(S(=O)(=O)c3ccc(Br)cc3)CC2)cc1. The van der Waals surface area contributed by atoms with Crippen molar-refractivity contribution in [3.8, 4) is 0 Å². The standard InChI is InChI=1S/C20H23BrN4O3S/c1-16-2-4-17(5-3-16)14-22-23-20(26)15-24-10-12-25(13-11-24)29(27,28)19-8-6-18(21)7-9-19/h2-9,14H,10-13,15H2,1H3,(H,23,26)/b22-14+. The van der Waals surface area contributed by atoms with E-state index in [2.05, 4.69) is 26.5 Å². The first-order valence-corrected chi connectivity index (χ1v) is 11.4. The van der Waals surface area contributed by atoms with E-state index < -0.39 is 10.0 Å². The maximum Gasteiger partial charge on any atom is 0.254 e. The third kappa shape index (κ3) is 5.96. The van der Waals surface area contributed by atoms with Crippen molar-refractivity contribution in [1.29, 1.82) is 0 Å². The van der Waals surface area contributed by atoms with E-state index in [0.717, 1.165) is 15.6 Å². The van der Waals surface area contributed by atoms with Gasteiger partial charge in [0.1, 0.15) is 0 Å². The molecule has 0 spiro atoms. The van der Waals surface area contributed by atoms with Gasteiger partial charge in [-0.15, -0.1) is 0 Å². The normalized spacial score (nSPS) is 16.2. The monoisotopic (exact) mass is 478 g/mol. The highest BCUT2D eigenvalue weighted by Gasteiger charge is 2.28. The Hall–Kier alpha value is -2.07. The minimum atomic E-state index is -3.52. The smallest absolute Gasteiger partial charge is 0.254 e. The van der Waals surface area contributed by atoms with Gasteiger partial charge in [0.25, 0.3) is 5.91 Å². The highest BCUT2D eigenvalue weighted by molar-refractivity contribution is 9.10. The fourth-order valence-electron chi connectivity index (χ4n) is 2.95. The lowest BCUT2D eigenvalue weighted by Crippen LogP contribution is -2.50. The first-order valence-electron chi connectivity index (χ1n) is 9.21. The first-order chi connectivity index (χ1) is 13.8. The lowest BCUT2D eigenvalue weighted by Gasteiger charge is -2.33. The fourth-order valence-corrected chi connectivity index (χ4v) is 4.64. The van der Waals surface area contributed by atoms with Gasteiger partial charge in [0.2, 0.25) is 10.0 Å². The predicted octanol–water partition coefficient (Wildman–Crippen LogP) is 2.21. The summed E-state index contributed by atoms with van der Waals surface area (Å²) in [5.41, 5.74) is 4.58. The molecule has 0 bridgehead atoms. The van der Waals surface area contributed by atoms with Crippen molar-refractivity contribution >= 4 is 38.1 Å². The molecule has 0 unspecified atom stereocenters. The number of halogens is 1. The molecule has 1 saturated heterocycles. The van der Waals surface area contributed by atoms with Crippen LogP contribution in [0.1, 0.15) is 11.1 Å². The molecule has 9 heteroatoms. The number of hydrogen-bond acceptors (Lipinski definition) is 5. The maximum atomic E-state index is 12.7. The Morgan fingerprint density at radius 1 is 1.07 bits per heavy atom. The van der Waals surface area contributed by atoms with Crippen molar-refractivity contribution in [2.75, 3.05) is 32.7 Å². The summed E-state index contributed by atoms with van der Waals surface area (Å²) in [5, 5.41) is 3.98. The summed E-state index contributed by atoms with van der Waals surface area (Å²) in [5.74, 6) is -0.224. The second-order valence-electron chi connectivity index (χ2n) is 6.84. The van der Waals surface area contributed by atoms with Gasteiger partial charge in [-0.25, -0.2) is 13.8 Å². The second-order valence-corrected chi connectivity index (χ2v) is 9.69. The van der Waals surface area contributed by atoms with Crippen molar-refractivity contribution in [2.24, 2.45) is 5.10 Å². The number of carbonyl (C=O) groups is 1. The van der Waals surface area contributed by atoms with Gasteiger partial charge in [-0.05, 0) is 36.8 Å². The third-order valence-electron chi connectivity index (χ3n) is 4.63. The van der Waals surface area contributed by atoms with Crippen LogP contribution in [0.2, 0.25) is 0 Å². The first kappa shape index (κ1) is 21.6. The number of carbonyl (C=O) groups excluding carboxylic acids is 1. The molecule has 0 radical (unpaired) electrons. The van der Waals surface area contributed by atoms with E-state index in [1.165, 1.54) is 4.31 Å². The van der Waals surface area contributed by atoms with Crippen LogP contribution in [0.25, 0.3) is 0 Å². The number of benzene rings is 2. The summed E-state index contributed by atoms with van der Waals surface area (Å²) in [7, 11) is -3.52. The number of amides is 1. The molecule has 1 aliphatic rings. The number of aryl methyl sites for hydroxylation is 1. The molecule has 1 fully saturated rings. The largest absolute Gasteiger partial charge is 0.292 e. The molecule has 2 aromatic rings. The minimum absolute atomic E-state index is 0.178. The van der Waals surface area contributed by atoms with Gasteiger partial charge >= 0.3 is 0 Å². The zero-order chi connectivity index (χ0) is 20.9. The zero-order valence-corrected chi connectivity index (χ0v) is 18.5. The minimum Gasteiger partial charge on any atom is -0.292 e. The van der Waals surface area contributed by atoms with Crippen LogP contribution >= 0.6 is 15.9 Å². The van der Waals surface area contributed by atoms with Crippen LogP contribution in [-0.2, 0) is 14.8 Å². The highest BCUT2D eigenvalue weighted by Crippen LogP contribution is 2.20. The number of piperazine rings is 1. The van der Waals surface area contributed by atoms with Crippen molar-refractivity contribution in [2.45, 2.75) is 11.8 Å². The van der Waals surface area contributed by atoms with Gasteiger partial charge in [-0.1, -0.05) is 45.8 Å². The summed E-state index contributed by atoms with van der Waals surface area (Å²) in [6.45, 7) is 3.86. The molecular weight excluding hydrogens is 456 g/mol. The average molecular weight is 479 g/mol. The number of sulfonamides is 1. The number of hydrogen-bond donors (Lipinski definition) is 1. The Morgan fingerprint density at radius 2 is 1.69 bits per heavy atom. The number of rotatable bonds is 6. The Kier molecular flexibility index (Phi) is 7.18. The van der Waals surface area contributed by atoms with Crippen LogP contribution < -0.4 is 5.43 Å². The lowest BCUT2D eigenvalue weighted by atomic mass is 10.2. The number of hydrazone groups is 1. The lowest BCUT2D eigenvalue weighted by molar-refractivity contribution is -0.122. The molecule has 1 heterocycles. The van der Waals surface area contributed by atoms with Crippen molar-refractivity contribution < 1.29 is 13.2 Å². The third-order valence-corrected chi connectivity index (χ3v) is 7.07. The van der Waals surface area contributed by atoms with Crippen LogP contribution in [0, 0.1) is 6.92 Å². The van der Waals surface area contributed by atoms with E-state index in [-0.39, 0.29) is 17.3 Å². The molecule has 1 amide bonds. The topological polar surface area (TPSA) is 82.1 Å². The molecule has 1 N–H and O–H groups in total. The summed E-state index contributed by atoms with van der Waals surface area (Å²) < 4.78 is 27.7. The van der Waals surface area contributed by atoms with Crippen molar-refractivity contribution in [1.82, 2.24) is 14.6 Å². The molecule has 0 saturated carbocycles. The summed E-state index contributed by atoms with van der Waals surface area (Å²) >= 11 is 3.31. The Morgan fingerprint density at radius 3 is 2.31 bits per heavy atom. The van der Waals surface area contributed by atoms with E-state index >= 15 is 0 Å². The van der Waals surface area contributed by atoms with Crippen LogP contribution in [-0.4, -0.2) is 62.5 Å². The molecule has 7 nitrogen and oxygen atoms in total.